The van der Waals surface area contributed by atoms with Crippen molar-refractivity contribution in [2.24, 2.45) is 0 Å². The summed E-state index contributed by atoms with van der Waals surface area (Å²) in [6, 6.07) is 0.363. The summed E-state index contributed by atoms with van der Waals surface area (Å²) in [6.45, 7) is 3.34. The maximum absolute atomic E-state index is 8.28. The third-order valence-electron chi connectivity index (χ3n) is 3.41. The average Bonchev–Trinajstić information content (AvgIpc) is 2.30. The van der Waals surface area contributed by atoms with Crippen LogP contribution >= 0.6 is 11.8 Å². The van der Waals surface area contributed by atoms with Gasteiger partial charge in [0.15, 0.2) is 0 Å². The first kappa shape index (κ1) is 11.3. The van der Waals surface area contributed by atoms with E-state index in [-0.39, 0.29) is 0 Å². The molecule has 2 aliphatic rings. The molecule has 2 saturated heterocycles. The highest BCUT2D eigenvalue weighted by molar-refractivity contribution is 7.99. The molecule has 2 rings (SSSR count). The molecule has 1 N–H and O–H groups in total. The van der Waals surface area contributed by atoms with E-state index < -0.39 is 0 Å². The van der Waals surface area contributed by atoms with Gasteiger partial charge < -0.3 is 4.90 Å². The first-order valence-corrected chi connectivity index (χ1v) is 7.06. The van der Waals surface area contributed by atoms with E-state index in [9.17, 15) is 0 Å². The molecule has 0 aromatic carbocycles. The lowest BCUT2D eigenvalue weighted by molar-refractivity contribution is 0.274. The van der Waals surface area contributed by atoms with Crippen LogP contribution in [-0.4, -0.2) is 59.9 Å². The fraction of sp³-hybridized carbons (Fsp3) is 0.909. The minimum absolute atomic E-state index is 0.363. The van der Waals surface area contributed by atoms with E-state index in [1.165, 1.54) is 25.0 Å². The smallest absolute Gasteiger partial charge is 0.114 e. The Bertz CT molecular complexity index is 226. The maximum atomic E-state index is 8.28. The largest absolute Gasteiger partial charge is 0.359 e. The zero-order chi connectivity index (χ0) is 10.7. The van der Waals surface area contributed by atoms with E-state index in [0.717, 1.165) is 31.2 Å². The first-order valence-electron chi connectivity index (χ1n) is 5.90. The van der Waals surface area contributed by atoms with Crippen molar-refractivity contribution in [3.05, 3.63) is 0 Å². The molecule has 0 aromatic rings. The van der Waals surface area contributed by atoms with E-state index in [4.69, 9.17) is 5.41 Å². The number of rotatable bonds is 1. The lowest BCUT2D eigenvalue weighted by atomic mass is 10.1. The standard InChI is InChI=1S/C11H21N3S/c1-13-7-8-15-9-10(13)11(12)14-5-3-2-4-6-14/h10,12H,2-9H2,1H3. The first-order chi connectivity index (χ1) is 7.29. The molecule has 0 aromatic heterocycles. The molecule has 15 heavy (non-hydrogen) atoms. The van der Waals surface area contributed by atoms with Crippen molar-refractivity contribution in [1.82, 2.24) is 9.80 Å². The molecule has 3 nitrogen and oxygen atoms in total. The van der Waals surface area contributed by atoms with Crippen molar-refractivity contribution in [3.8, 4) is 0 Å². The molecule has 1 unspecified atom stereocenters. The summed E-state index contributed by atoms with van der Waals surface area (Å²) in [5.74, 6) is 3.19. The van der Waals surface area contributed by atoms with Crippen molar-refractivity contribution in [2.75, 3.05) is 38.2 Å². The van der Waals surface area contributed by atoms with Gasteiger partial charge in [-0.3, -0.25) is 10.3 Å². The number of thioether (sulfide) groups is 1. The van der Waals surface area contributed by atoms with Gasteiger partial charge in [-0.25, -0.2) is 0 Å². The Hall–Kier alpha value is -0.220. The summed E-state index contributed by atoms with van der Waals surface area (Å²) in [7, 11) is 2.16. The van der Waals surface area contributed by atoms with Crippen LogP contribution < -0.4 is 0 Å². The fourth-order valence-electron chi connectivity index (χ4n) is 2.32. The van der Waals surface area contributed by atoms with Gasteiger partial charge in [0.05, 0.1) is 6.04 Å². The fourth-order valence-corrected chi connectivity index (χ4v) is 3.54. The number of likely N-dealkylation sites (tertiary alicyclic amines) is 1. The quantitative estimate of drug-likeness (QED) is 0.544. The second-order valence-corrected chi connectivity index (χ2v) is 5.65. The Labute approximate surface area is 96.7 Å². The Morgan fingerprint density at radius 3 is 2.60 bits per heavy atom. The molecule has 2 aliphatic heterocycles. The Kier molecular flexibility index (Phi) is 3.92. The van der Waals surface area contributed by atoms with Crippen LogP contribution in [0.2, 0.25) is 0 Å². The van der Waals surface area contributed by atoms with Crippen LogP contribution in [0, 0.1) is 5.41 Å². The predicted molar refractivity (Wildman–Crippen MR) is 66.9 cm³/mol. The highest BCUT2D eigenvalue weighted by atomic mass is 32.2. The lowest BCUT2D eigenvalue weighted by Crippen LogP contribution is -2.52. The third kappa shape index (κ3) is 2.67. The van der Waals surface area contributed by atoms with E-state index in [0.29, 0.717) is 6.04 Å². The van der Waals surface area contributed by atoms with E-state index in [1.54, 1.807) is 0 Å². The van der Waals surface area contributed by atoms with Gasteiger partial charge in [0.25, 0.3) is 0 Å². The van der Waals surface area contributed by atoms with Crippen LogP contribution in [0.4, 0.5) is 0 Å². The Morgan fingerprint density at radius 1 is 1.20 bits per heavy atom. The van der Waals surface area contributed by atoms with E-state index in [1.807, 2.05) is 11.8 Å². The zero-order valence-electron chi connectivity index (χ0n) is 9.54. The van der Waals surface area contributed by atoms with Crippen LogP contribution in [-0.2, 0) is 0 Å². The number of hydrogen-bond acceptors (Lipinski definition) is 3. The van der Waals surface area contributed by atoms with Crippen LogP contribution in [0.25, 0.3) is 0 Å². The van der Waals surface area contributed by atoms with Crippen molar-refractivity contribution in [3.63, 3.8) is 0 Å². The van der Waals surface area contributed by atoms with Crippen LogP contribution in [0.5, 0.6) is 0 Å². The number of hydrogen-bond donors (Lipinski definition) is 1. The van der Waals surface area contributed by atoms with Crippen LogP contribution in [0.15, 0.2) is 0 Å². The second kappa shape index (κ2) is 5.21. The second-order valence-electron chi connectivity index (χ2n) is 4.50. The average molecular weight is 227 g/mol. The number of nitrogens with zero attached hydrogens (tertiary/aromatic N) is 2. The van der Waals surface area contributed by atoms with Gasteiger partial charge in [0, 0.05) is 31.1 Å². The minimum atomic E-state index is 0.363. The normalized spacial score (nSPS) is 29.1. The molecule has 2 fully saturated rings. The van der Waals surface area contributed by atoms with Crippen molar-refractivity contribution in [1.29, 1.82) is 5.41 Å². The molecule has 0 saturated carbocycles. The molecule has 86 valence electrons. The van der Waals surface area contributed by atoms with Gasteiger partial charge >= 0.3 is 0 Å². The molecular formula is C11H21N3S. The summed E-state index contributed by atoms with van der Waals surface area (Å²) in [4.78, 5) is 4.63. The highest BCUT2D eigenvalue weighted by Gasteiger charge is 2.27. The maximum Gasteiger partial charge on any atom is 0.114 e. The molecule has 0 spiro atoms. The van der Waals surface area contributed by atoms with Crippen LogP contribution in [0.1, 0.15) is 19.3 Å². The molecule has 1 atom stereocenters. The lowest BCUT2D eigenvalue weighted by Gasteiger charge is -2.38. The molecule has 4 heteroatoms. The highest BCUT2D eigenvalue weighted by Crippen LogP contribution is 2.19. The Morgan fingerprint density at radius 2 is 1.93 bits per heavy atom. The Balaban J connectivity index is 1.92. The van der Waals surface area contributed by atoms with Gasteiger partial charge in [-0.05, 0) is 26.3 Å². The number of nitrogens with one attached hydrogen (secondary N) is 1. The SMILES string of the molecule is CN1CCSCC1C(=N)N1CCCCC1. The summed E-state index contributed by atoms with van der Waals surface area (Å²) < 4.78 is 0. The van der Waals surface area contributed by atoms with Crippen molar-refractivity contribution in [2.45, 2.75) is 25.3 Å². The van der Waals surface area contributed by atoms with Gasteiger partial charge in [0.1, 0.15) is 5.84 Å². The number of piperidine rings is 1. The van der Waals surface area contributed by atoms with Crippen molar-refractivity contribution < 1.29 is 0 Å². The molecule has 0 aliphatic carbocycles. The predicted octanol–water partition coefficient (Wildman–Crippen LogP) is 1.50. The topological polar surface area (TPSA) is 30.3 Å². The summed E-state index contributed by atoms with van der Waals surface area (Å²) >= 11 is 1.99. The monoisotopic (exact) mass is 227 g/mol. The van der Waals surface area contributed by atoms with E-state index in [2.05, 4.69) is 16.8 Å². The zero-order valence-corrected chi connectivity index (χ0v) is 10.4. The van der Waals surface area contributed by atoms with E-state index >= 15 is 0 Å². The number of likely N-dealkylation sites (N-methyl/N-ethyl adjacent to an activating group) is 1. The molecule has 2 heterocycles. The summed E-state index contributed by atoms with van der Waals surface area (Å²) in [6.07, 6.45) is 3.89. The van der Waals surface area contributed by atoms with Crippen LogP contribution in [0.3, 0.4) is 0 Å². The van der Waals surface area contributed by atoms with Gasteiger partial charge in [0.2, 0.25) is 0 Å². The summed E-state index contributed by atoms with van der Waals surface area (Å²) in [5, 5.41) is 8.28. The van der Waals surface area contributed by atoms with Crippen molar-refractivity contribution >= 4 is 17.6 Å². The molecule has 0 bridgehead atoms. The van der Waals surface area contributed by atoms with Gasteiger partial charge in [-0.2, -0.15) is 11.8 Å². The third-order valence-corrected chi connectivity index (χ3v) is 4.43. The summed E-state index contributed by atoms with van der Waals surface area (Å²) in [5.41, 5.74) is 0. The molecule has 0 radical (unpaired) electrons. The minimum Gasteiger partial charge on any atom is -0.359 e. The molecule has 0 amide bonds. The van der Waals surface area contributed by atoms with Gasteiger partial charge in [-0.15, -0.1) is 0 Å². The number of amidine groups is 1. The van der Waals surface area contributed by atoms with Gasteiger partial charge in [-0.1, -0.05) is 0 Å². The molecular weight excluding hydrogens is 206 g/mol.